The SMILES string of the molecule is CCCCCCCCCCCCCCCCCCCCCC(=O)OC[C@@H](COC(=O)CCCCCCCCCCCCCCCCC(C)CC)OC(=O)CCCCCCCCCCCCCCCCCCCC. The third-order valence-corrected chi connectivity index (χ3v) is 15.9. The molecule has 0 radical (unpaired) electrons. The highest BCUT2D eigenvalue weighted by atomic mass is 16.6. The average Bonchev–Trinajstić information content (AvgIpc) is 3.39. The van der Waals surface area contributed by atoms with Gasteiger partial charge in [0.1, 0.15) is 13.2 Å². The quantitative estimate of drug-likeness (QED) is 0.0343. The van der Waals surface area contributed by atoms with Gasteiger partial charge in [0, 0.05) is 19.3 Å². The molecule has 0 saturated heterocycles. The molecule has 0 fully saturated rings. The highest BCUT2D eigenvalue weighted by molar-refractivity contribution is 5.71. The van der Waals surface area contributed by atoms with Gasteiger partial charge in [-0.2, -0.15) is 0 Å². The van der Waals surface area contributed by atoms with Crippen molar-refractivity contribution in [3.8, 4) is 0 Å². The summed E-state index contributed by atoms with van der Waals surface area (Å²) in [5.41, 5.74) is 0. The molecule has 0 spiro atoms. The molecule has 0 aliphatic carbocycles. The number of rotatable bonds is 62. The van der Waals surface area contributed by atoms with Crippen molar-refractivity contribution in [1.82, 2.24) is 0 Å². The van der Waals surface area contributed by atoms with E-state index in [-0.39, 0.29) is 31.1 Å². The zero-order valence-electron chi connectivity index (χ0n) is 50.1. The largest absolute Gasteiger partial charge is 0.462 e. The first kappa shape index (κ1) is 71.4. The van der Waals surface area contributed by atoms with Crippen molar-refractivity contribution in [3.05, 3.63) is 0 Å². The number of hydrogen-bond acceptors (Lipinski definition) is 6. The molecular formula is C67H130O6. The fourth-order valence-corrected chi connectivity index (χ4v) is 10.5. The molecule has 0 aromatic rings. The predicted octanol–water partition coefficient (Wildman–Crippen LogP) is 22.5. The van der Waals surface area contributed by atoms with E-state index < -0.39 is 6.10 Å². The molecule has 0 saturated carbocycles. The van der Waals surface area contributed by atoms with Gasteiger partial charge in [-0.1, -0.05) is 349 Å². The Labute approximate surface area is 457 Å². The zero-order valence-corrected chi connectivity index (χ0v) is 50.1. The molecule has 0 aliphatic rings. The first-order valence-corrected chi connectivity index (χ1v) is 33.4. The number of carbonyl (C=O) groups excluding carboxylic acids is 3. The number of esters is 3. The minimum absolute atomic E-state index is 0.0609. The normalized spacial score (nSPS) is 12.3. The van der Waals surface area contributed by atoms with E-state index in [2.05, 4.69) is 27.7 Å². The zero-order chi connectivity index (χ0) is 53.0. The van der Waals surface area contributed by atoms with Gasteiger partial charge in [-0.3, -0.25) is 14.4 Å². The monoisotopic (exact) mass is 1030 g/mol. The van der Waals surface area contributed by atoms with Crippen LogP contribution >= 0.6 is 0 Å². The lowest BCUT2D eigenvalue weighted by molar-refractivity contribution is -0.167. The second kappa shape index (κ2) is 61.3. The second-order valence-electron chi connectivity index (χ2n) is 23.4. The molecule has 0 bridgehead atoms. The molecular weight excluding hydrogens is 901 g/mol. The van der Waals surface area contributed by atoms with Crippen molar-refractivity contribution in [1.29, 1.82) is 0 Å². The summed E-state index contributed by atoms with van der Waals surface area (Å²) in [5, 5.41) is 0. The van der Waals surface area contributed by atoms with Crippen molar-refractivity contribution in [3.63, 3.8) is 0 Å². The van der Waals surface area contributed by atoms with Crippen LogP contribution in [0.5, 0.6) is 0 Å². The first-order chi connectivity index (χ1) is 35.9. The van der Waals surface area contributed by atoms with Crippen LogP contribution < -0.4 is 0 Å². The van der Waals surface area contributed by atoms with Crippen LogP contribution in [0.4, 0.5) is 0 Å². The van der Waals surface area contributed by atoms with Crippen LogP contribution in [0.25, 0.3) is 0 Å². The van der Waals surface area contributed by atoms with Crippen LogP contribution in [0.1, 0.15) is 387 Å². The molecule has 0 amide bonds. The standard InChI is InChI=1S/C67H130O6/c1-5-8-10-12-14-16-18-20-22-24-26-28-29-34-38-42-46-50-54-58-65(68)71-61-64(73-67(70)60-56-52-48-44-40-36-30-27-25-23-21-19-17-15-13-11-9-6-2)62-72-66(69)59-55-51-47-43-39-35-32-31-33-37-41-45-49-53-57-63(4)7-3/h63-64H,5-62H2,1-4H3/t63?,64-/m0/s1. The summed E-state index contributed by atoms with van der Waals surface area (Å²) in [4.78, 5) is 38.4. The molecule has 434 valence electrons. The summed E-state index contributed by atoms with van der Waals surface area (Å²) in [7, 11) is 0. The number of carbonyl (C=O) groups is 3. The van der Waals surface area contributed by atoms with Gasteiger partial charge in [0.2, 0.25) is 0 Å². The molecule has 0 N–H and O–H groups in total. The Kier molecular flexibility index (Phi) is 59.9. The van der Waals surface area contributed by atoms with E-state index in [1.807, 2.05) is 0 Å². The van der Waals surface area contributed by atoms with E-state index in [1.165, 1.54) is 283 Å². The Bertz CT molecular complexity index is 1110. The van der Waals surface area contributed by atoms with E-state index in [9.17, 15) is 14.4 Å². The summed E-state index contributed by atoms with van der Waals surface area (Å²) >= 11 is 0. The maximum absolute atomic E-state index is 12.9. The van der Waals surface area contributed by atoms with Crippen molar-refractivity contribution in [2.75, 3.05) is 13.2 Å². The first-order valence-electron chi connectivity index (χ1n) is 33.4. The third-order valence-electron chi connectivity index (χ3n) is 15.9. The van der Waals surface area contributed by atoms with Crippen molar-refractivity contribution in [2.24, 2.45) is 5.92 Å². The lowest BCUT2D eigenvalue weighted by Gasteiger charge is -2.18. The third kappa shape index (κ3) is 59.5. The van der Waals surface area contributed by atoms with Crippen LogP contribution in [0.2, 0.25) is 0 Å². The highest BCUT2D eigenvalue weighted by Gasteiger charge is 2.19. The summed E-state index contributed by atoms with van der Waals surface area (Å²) in [6.45, 7) is 9.14. The Morgan fingerprint density at radius 2 is 0.479 bits per heavy atom. The Balaban J connectivity index is 4.28. The molecule has 0 aliphatic heterocycles. The lowest BCUT2D eigenvalue weighted by atomic mass is 9.99. The number of hydrogen-bond donors (Lipinski definition) is 0. The van der Waals surface area contributed by atoms with Gasteiger partial charge in [0.15, 0.2) is 6.10 Å². The summed E-state index contributed by atoms with van der Waals surface area (Å²) < 4.78 is 17.0. The van der Waals surface area contributed by atoms with E-state index in [1.54, 1.807) is 0 Å². The average molecular weight is 1030 g/mol. The van der Waals surface area contributed by atoms with E-state index in [4.69, 9.17) is 14.2 Å². The van der Waals surface area contributed by atoms with Crippen LogP contribution in [-0.4, -0.2) is 37.2 Å². The fraction of sp³-hybridized carbons (Fsp3) is 0.955. The summed E-state index contributed by atoms with van der Waals surface area (Å²) in [5.74, 6) is 0.0715. The Morgan fingerprint density at radius 1 is 0.274 bits per heavy atom. The van der Waals surface area contributed by atoms with E-state index in [0.717, 1.165) is 63.7 Å². The van der Waals surface area contributed by atoms with Crippen molar-refractivity contribution in [2.45, 2.75) is 393 Å². The van der Waals surface area contributed by atoms with Crippen LogP contribution in [0, 0.1) is 5.92 Å². The van der Waals surface area contributed by atoms with Gasteiger partial charge >= 0.3 is 17.9 Å². The van der Waals surface area contributed by atoms with Crippen LogP contribution in [0.3, 0.4) is 0 Å². The van der Waals surface area contributed by atoms with Gasteiger partial charge in [0.05, 0.1) is 0 Å². The molecule has 0 aromatic carbocycles. The van der Waals surface area contributed by atoms with Crippen LogP contribution in [0.15, 0.2) is 0 Å². The maximum Gasteiger partial charge on any atom is 0.306 e. The Morgan fingerprint density at radius 3 is 0.712 bits per heavy atom. The second-order valence-corrected chi connectivity index (χ2v) is 23.4. The van der Waals surface area contributed by atoms with E-state index in [0.29, 0.717) is 19.3 Å². The number of ether oxygens (including phenoxy) is 3. The minimum atomic E-state index is -0.763. The van der Waals surface area contributed by atoms with Crippen molar-refractivity contribution < 1.29 is 28.6 Å². The smallest absolute Gasteiger partial charge is 0.306 e. The summed E-state index contributed by atoms with van der Waals surface area (Å²) in [6, 6.07) is 0. The molecule has 0 heterocycles. The van der Waals surface area contributed by atoms with Gasteiger partial charge in [-0.15, -0.1) is 0 Å². The molecule has 2 atom stereocenters. The minimum Gasteiger partial charge on any atom is -0.462 e. The van der Waals surface area contributed by atoms with Gasteiger partial charge in [0.25, 0.3) is 0 Å². The van der Waals surface area contributed by atoms with Gasteiger partial charge in [-0.25, -0.2) is 0 Å². The highest BCUT2D eigenvalue weighted by Crippen LogP contribution is 2.19. The fourth-order valence-electron chi connectivity index (χ4n) is 10.5. The van der Waals surface area contributed by atoms with Gasteiger partial charge < -0.3 is 14.2 Å². The lowest BCUT2D eigenvalue weighted by Crippen LogP contribution is -2.30. The predicted molar refractivity (Wildman–Crippen MR) is 317 cm³/mol. The molecule has 6 nitrogen and oxygen atoms in total. The van der Waals surface area contributed by atoms with Gasteiger partial charge in [-0.05, 0) is 25.2 Å². The summed E-state index contributed by atoms with van der Waals surface area (Å²) in [6.07, 6.45) is 69.6. The molecule has 0 aromatic heterocycles. The maximum atomic E-state index is 12.9. The molecule has 6 heteroatoms. The van der Waals surface area contributed by atoms with E-state index >= 15 is 0 Å². The van der Waals surface area contributed by atoms with Crippen molar-refractivity contribution >= 4 is 17.9 Å². The Hall–Kier alpha value is -1.59. The number of unbranched alkanes of at least 4 members (excludes halogenated alkanes) is 48. The topological polar surface area (TPSA) is 78.9 Å². The molecule has 0 rings (SSSR count). The molecule has 1 unspecified atom stereocenters. The molecule has 73 heavy (non-hydrogen) atoms. The van der Waals surface area contributed by atoms with Crippen LogP contribution in [-0.2, 0) is 28.6 Å².